The number of piperazine rings is 1. The van der Waals surface area contributed by atoms with Crippen LogP contribution in [0.25, 0.3) is 0 Å². The molecule has 1 saturated heterocycles. The molecule has 0 spiro atoms. The number of nitrogens with one attached hydrogen (secondary N) is 1. The summed E-state index contributed by atoms with van der Waals surface area (Å²) in [5.74, 6) is -4.33. The second-order valence-electron chi connectivity index (χ2n) is 8.41. The van der Waals surface area contributed by atoms with Crippen LogP contribution in [0.2, 0.25) is 0 Å². The quantitative estimate of drug-likeness (QED) is 0.678. The average molecular weight is 462 g/mol. The van der Waals surface area contributed by atoms with Crippen molar-refractivity contribution in [2.75, 3.05) is 38.5 Å². The highest BCUT2D eigenvalue weighted by Gasteiger charge is 2.41. The third-order valence-electron chi connectivity index (χ3n) is 6.36. The lowest BCUT2D eigenvalue weighted by Crippen LogP contribution is -2.62. The number of hydrogen-bond donors (Lipinski definition) is 1. The molecule has 0 bridgehead atoms. The fourth-order valence-corrected chi connectivity index (χ4v) is 6.23. The summed E-state index contributed by atoms with van der Waals surface area (Å²) in [4.78, 5) is 14.7. The summed E-state index contributed by atoms with van der Waals surface area (Å²) >= 11 is 0. The van der Waals surface area contributed by atoms with E-state index in [0.717, 1.165) is 32.1 Å². The van der Waals surface area contributed by atoms with Gasteiger partial charge in [0.1, 0.15) is 23.0 Å². The molecular formula is C21H30F3N3O3S. The molecule has 3 rings (SSSR count). The van der Waals surface area contributed by atoms with Crippen molar-refractivity contribution in [2.24, 2.45) is 0 Å². The Hall–Kier alpha value is -1.65. The molecule has 2 fully saturated rings. The highest BCUT2D eigenvalue weighted by molar-refractivity contribution is 7.89. The van der Waals surface area contributed by atoms with E-state index in [0.29, 0.717) is 44.7 Å². The van der Waals surface area contributed by atoms with Gasteiger partial charge in [0.05, 0.1) is 5.75 Å². The number of hydrogen-bond acceptors (Lipinski definition) is 4. The van der Waals surface area contributed by atoms with Gasteiger partial charge in [-0.3, -0.25) is 9.69 Å². The first-order chi connectivity index (χ1) is 14.7. The molecule has 31 heavy (non-hydrogen) atoms. The SMILES string of the molecule is CCCS(=O)(=O)N1CCN(C2(CNC(=O)c3c(F)cc(F)cc3F)CCCCC2)CC1. The molecule has 0 radical (unpaired) electrons. The summed E-state index contributed by atoms with van der Waals surface area (Å²) < 4.78 is 67.4. The van der Waals surface area contributed by atoms with Crippen molar-refractivity contribution >= 4 is 15.9 Å². The zero-order valence-corrected chi connectivity index (χ0v) is 18.6. The Labute approximate surface area is 181 Å². The number of carbonyl (C=O) groups excluding carboxylic acids is 1. The van der Waals surface area contributed by atoms with Gasteiger partial charge in [-0.1, -0.05) is 26.2 Å². The number of sulfonamides is 1. The maximum atomic E-state index is 14.0. The minimum absolute atomic E-state index is 0.128. The third-order valence-corrected chi connectivity index (χ3v) is 8.44. The number of halogens is 3. The van der Waals surface area contributed by atoms with Crippen LogP contribution in [-0.2, 0) is 10.0 Å². The highest BCUT2D eigenvalue weighted by Crippen LogP contribution is 2.34. The van der Waals surface area contributed by atoms with Gasteiger partial charge in [-0.25, -0.2) is 21.6 Å². The zero-order chi connectivity index (χ0) is 22.6. The topological polar surface area (TPSA) is 69.7 Å². The van der Waals surface area contributed by atoms with Crippen molar-refractivity contribution in [3.8, 4) is 0 Å². The zero-order valence-electron chi connectivity index (χ0n) is 17.8. The molecule has 1 aliphatic heterocycles. The van der Waals surface area contributed by atoms with Crippen molar-refractivity contribution < 1.29 is 26.4 Å². The molecule has 1 saturated carbocycles. The normalized spacial score (nSPS) is 20.5. The van der Waals surface area contributed by atoms with Crippen LogP contribution in [0.1, 0.15) is 55.8 Å². The second-order valence-corrected chi connectivity index (χ2v) is 10.5. The minimum atomic E-state index is -3.26. The first-order valence-corrected chi connectivity index (χ1v) is 12.4. The average Bonchev–Trinajstić information content (AvgIpc) is 2.72. The van der Waals surface area contributed by atoms with Gasteiger partial charge in [0.2, 0.25) is 10.0 Å². The van der Waals surface area contributed by atoms with E-state index < -0.39 is 38.9 Å². The highest BCUT2D eigenvalue weighted by atomic mass is 32.2. The standard InChI is InChI=1S/C21H30F3N3O3S/c1-2-12-31(29,30)27-10-8-26(9-11-27)21(6-4-3-5-7-21)15-25-20(28)19-17(23)13-16(22)14-18(19)24/h13-14H,2-12,15H2,1H3,(H,25,28). The van der Waals surface area contributed by atoms with Crippen molar-refractivity contribution in [3.05, 3.63) is 35.1 Å². The van der Waals surface area contributed by atoms with Crippen molar-refractivity contribution in [1.82, 2.24) is 14.5 Å². The van der Waals surface area contributed by atoms with Crippen LogP contribution in [-0.4, -0.2) is 67.5 Å². The number of nitrogens with zero attached hydrogens (tertiary/aromatic N) is 2. The summed E-state index contributed by atoms with van der Waals surface area (Å²) in [6.07, 6.45) is 5.18. The van der Waals surface area contributed by atoms with Crippen LogP contribution in [0.15, 0.2) is 12.1 Å². The van der Waals surface area contributed by atoms with Crippen molar-refractivity contribution in [1.29, 1.82) is 0 Å². The number of rotatable bonds is 7. The Morgan fingerprint density at radius 3 is 2.16 bits per heavy atom. The summed E-state index contributed by atoms with van der Waals surface area (Å²) in [5, 5.41) is 2.65. The lowest BCUT2D eigenvalue weighted by Gasteiger charge is -2.49. The first kappa shape index (κ1) is 24.0. The Morgan fingerprint density at radius 2 is 1.61 bits per heavy atom. The molecule has 1 aromatic rings. The van der Waals surface area contributed by atoms with E-state index in [9.17, 15) is 26.4 Å². The van der Waals surface area contributed by atoms with Crippen LogP contribution >= 0.6 is 0 Å². The molecule has 1 heterocycles. The van der Waals surface area contributed by atoms with Gasteiger partial charge in [-0.2, -0.15) is 4.31 Å². The van der Waals surface area contributed by atoms with E-state index >= 15 is 0 Å². The predicted octanol–water partition coefficient (Wildman–Crippen LogP) is 2.89. The summed E-state index contributed by atoms with van der Waals surface area (Å²) in [5.41, 5.74) is -1.18. The van der Waals surface area contributed by atoms with Gasteiger partial charge in [0.15, 0.2) is 0 Å². The van der Waals surface area contributed by atoms with Crippen molar-refractivity contribution in [3.63, 3.8) is 0 Å². The maximum Gasteiger partial charge on any atom is 0.257 e. The molecule has 1 N–H and O–H groups in total. The fourth-order valence-electron chi connectivity index (χ4n) is 4.73. The maximum absolute atomic E-state index is 14.0. The monoisotopic (exact) mass is 461 g/mol. The predicted molar refractivity (Wildman–Crippen MR) is 112 cm³/mol. The number of amides is 1. The molecule has 0 unspecified atom stereocenters. The van der Waals surface area contributed by atoms with E-state index in [4.69, 9.17) is 0 Å². The van der Waals surface area contributed by atoms with Crippen LogP contribution in [0.3, 0.4) is 0 Å². The van der Waals surface area contributed by atoms with E-state index in [-0.39, 0.29) is 17.8 Å². The fraction of sp³-hybridized carbons (Fsp3) is 0.667. The Kier molecular flexibility index (Phi) is 7.64. The number of benzene rings is 1. The van der Waals surface area contributed by atoms with Crippen LogP contribution < -0.4 is 5.32 Å². The number of carbonyl (C=O) groups is 1. The lowest BCUT2D eigenvalue weighted by molar-refractivity contribution is 0.0239. The molecule has 6 nitrogen and oxygen atoms in total. The first-order valence-electron chi connectivity index (χ1n) is 10.8. The molecule has 2 aliphatic rings. The van der Waals surface area contributed by atoms with Gasteiger partial charge in [-0.15, -0.1) is 0 Å². The van der Waals surface area contributed by atoms with Crippen LogP contribution in [0.4, 0.5) is 13.2 Å². The molecule has 1 amide bonds. The molecule has 174 valence electrons. The summed E-state index contributed by atoms with van der Waals surface area (Å²) in [6, 6.07) is 0.981. The Morgan fingerprint density at radius 1 is 1.03 bits per heavy atom. The van der Waals surface area contributed by atoms with E-state index in [1.165, 1.54) is 4.31 Å². The molecular weight excluding hydrogens is 431 g/mol. The Bertz CT molecular complexity index is 873. The van der Waals surface area contributed by atoms with Gasteiger partial charge < -0.3 is 5.32 Å². The smallest absolute Gasteiger partial charge is 0.257 e. The van der Waals surface area contributed by atoms with Crippen molar-refractivity contribution in [2.45, 2.75) is 51.0 Å². The van der Waals surface area contributed by atoms with Gasteiger partial charge >= 0.3 is 0 Å². The summed E-state index contributed by atoms with van der Waals surface area (Å²) in [6.45, 7) is 3.89. The molecule has 1 aliphatic carbocycles. The summed E-state index contributed by atoms with van der Waals surface area (Å²) in [7, 11) is -3.26. The second kappa shape index (κ2) is 9.87. The van der Waals surface area contributed by atoms with E-state index in [1.54, 1.807) is 0 Å². The largest absolute Gasteiger partial charge is 0.350 e. The Balaban J connectivity index is 1.70. The van der Waals surface area contributed by atoms with Crippen LogP contribution in [0.5, 0.6) is 0 Å². The molecule has 10 heteroatoms. The minimum Gasteiger partial charge on any atom is -0.350 e. The molecule has 0 atom stereocenters. The van der Waals surface area contributed by atoms with E-state index in [1.807, 2.05) is 6.92 Å². The van der Waals surface area contributed by atoms with Gasteiger partial charge in [-0.05, 0) is 19.3 Å². The van der Waals surface area contributed by atoms with Gasteiger partial charge in [0.25, 0.3) is 5.91 Å². The molecule has 0 aromatic heterocycles. The lowest BCUT2D eigenvalue weighted by atomic mass is 9.79. The molecule has 1 aromatic carbocycles. The van der Waals surface area contributed by atoms with Gasteiger partial charge in [0, 0.05) is 50.4 Å². The third kappa shape index (κ3) is 5.40. The van der Waals surface area contributed by atoms with E-state index in [2.05, 4.69) is 10.2 Å². The van der Waals surface area contributed by atoms with Crippen LogP contribution in [0, 0.1) is 17.5 Å².